The topological polar surface area (TPSA) is 119 Å². The maximum absolute atomic E-state index is 12.8. The van der Waals surface area contributed by atoms with Crippen LogP contribution in [0.4, 0.5) is 10.7 Å². The number of carbonyl (C=O) groups is 5. The zero-order chi connectivity index (χ0) is 22.0. The van der Waals surface area contributed by atoms with Crippen molar-refractivity contribution in [1.82, 2.24) is 0 Å². The fourth-order valence-corrected chi connectivity index (χ4v) is 4.17. The van der Waals surface area contributed by atoms with E-state index < -0.39 is 17.8 Å². The monoisotopic (exact) mass is 430 g/mol. The van der Waals surface area contributed by atoms with E-state index in [0.717, 1.165) is 16.2 Å². The molecule has 0 saturated carbocycles. The van der Waals surface area contributed by atoms with Crippen molar-refractivity contribution < 1.29 is 33.4 Å². The van der Waals surface area contributed by atoms with E-state index in [4.69, 9.17) is 9.47 Å². The van der Waals surface area contributed by atoms with E-state index in [-0.39, 0.29) is 45.7 Å². The predicted molar refractivity (Wildman–Crippen MR) is 108 cm³/mol. The van der Waals surface area contributed by atoms with Crippen molar-refractivity contribution in [3.8, 4) is 0 Å². The lowest BCUT2D eigenvalue weighted by Crippen LogP contribution is -2.28. The molecular formula is C20H18N2O7S. The normalized spacial score (nSPS) is 13.4. The predicted octanol–water partition coefficient (Wildman–Crippen LogP) is 2.54. The van der Waals surface area contributed by atoms with Crippen LogP contribution >= 0.6 is 11.3 Å². The van der Waals surface area contributed by atoms with Crippen molar-refractivity contribution >= 4 is 51.7 Å². The number of nitrogens with one attached hydrogen (secondary N) is 1. The molecule has 0 bridgehead atoms. The molecule has 2 aromatic rings. The Balaban J connectivity index is 1.94. The molecule has 3 rings (SSSR count). The number of benzene rings is 1. The van der Waals surface area contributed by atoms with Gasteiger partial charge in [-0.05, 0) is 30.7 Å². The number of amides is 3. The molecule has 0 aliphatic carbocycles. The van der Waals surface area contributed by atoms with Crippen LogP contribution in [0.1, 0.15) is 48.8 Å². The van der Waals surface area contributed by atoms with Gasteiger partial charge in [0.25, 0.3) is 5.91 Å². The molecule has 1 aliphatic heterocycles. The molecule has 0 atom stereocenters. The maximum atomic E-state index is 12.8. The summed E-state index contributed by atoms with van der Waals surface area (Å²) in [6.45, 7) is 1.55. The highest BCUT2D eigenvalue weighted by molar-refractivity contribution is 7.18. The van der Waals surface area contributed by atoms with Gasteiger partial charge in [-0.15, -0.1) is 11.3 Å². The van der Waals surface area contributed by atoms with Crippen LogP contribution in [0.5, 0.6) is 0 Å². The van der Waals surface area contributed by atoms with E-state index in [1.807, 2.05) is 0 Å². The number of hydrogen-bond donors (Lipinski definition) is 1. The first-order valence-electron chi connectivity index (χ1n) is 8.85. The highest BCUT2D eigenvalue weighted by atomic mass is 32.1. The van der Waals surface area contributed by atoms with Gasteiger partial charge in [-0.3, -0.25) is 19.3 Å². The molecule has 1 aromatic carbocycles. The number of nitrogens with zero attached hydrogens (tertiary/aromatic N) is 1. The Bertz CT molecular complexity index is 1060. The van der Waals surface area contributed by atoms with Crippen molar-refractivity contribution in [3.05, 3.63) is 45.8 Å². The molecule has 0 spiro atoms. The summed E-state index contributed by atoms with van der Waals surface area (Å²) in [6, 6.07) is 6.02. The molecular weight excluding hydrogens is 412 g/mol. The first-order chi connectivity index (χ1) is 14.3. The summed E-state index contributed by atoms with van der Waals surface area (Å²) < 4.78 is 9.48. The third-order valence-corrected chi connectivity index (χ3v) is 5.74. The van der Waals surface area contributed by atoms with E-state index in [1.165, 1.54) is 26.4 Å². The molecule has 0 radical (unpaired) electrons. The summed E-state index contributed by atoms with van der Waals surface area (Å²) in [6.07, 6.45) is 0.255. The van der Waals surface area contributed by atoms with E-state index >= 15 is 0 Å². The Labute approximate surface area is 175 Å². The molecule has 156 valence electrons. The fourth-order valence-electron chi connectivity index (χ4n) is 3.06. The lowest BCUT2D eigenvalue weighted by Gasteiger charge is -2.14. The first-order valence-corrected chi connectivity index (χ1v) is 9.67. The van der Waals surface area contributed by atoms with E-state index in [0.29, 0.717) is 11.3 Å². The molecule has 1 fully saturated rings. The summed E-state index contributed by atoms with van der Waals surface area (Å²) in [5.74, 6) is -2.60. The van der Waals surface area contributed by atoms with E-state index in [2.05, 4.69) is 5.32 Å². The van der Waals surface area contributed by atoms with Crippen molar-refractivity contribution in [3.63, 3.8) is 0 Å². The zero-order valence-corrected chi connectivity index (χ0v) is 17.3. The second-order valence-corrected chi connectivity index (χ2v) is 7.39. The average Bonchev–Trinajstić information content (AvgIpc) is 3.25. The van der Waals surface area contributed by atoms with E-state index in [1.54, 1.807) is 19.1 Å². The minimum Gasteiger partial charge on any atom is -0.465 e. The van der Waals surface area contributed by atoms with Crippen LogP contribution in [0.15, 0.2) is 24.3 Å². The number of hydrogen-bond acceptors (Lipinski definition) is 8. The molecule has 30 heavy (non-hydrogen) atoms. The molecule has 1 aliphatic rings. The van der Waals surface area contributed by atoms with Gasteiger partial charge in [-0.2, -0.15) is 0 Å². The Morgan fingerprint density at radius 1 is 1.03 bits per heavy atom. The summed E-state index contributed by atoms with van der Waals surface area (Å²) in [5, 5.41) is 2.73. The largest absolute Gasteiger partial charge is 0.465 e. The summed E-state index contributed by atoms with van der Waals surface area (Å²) in [5.41, 5.74) is 0.843. The van der Waals surface area contributed by atoms with Gasteiger partial charge in [-0.25, -0.2) is 9.59 Å². The second kappa shape index (κ2) is 8.46. The van der Waals surface area contributed by atoms with Crippen LogP contribution in [0.3, 0.4) is 0 Å². The third-order valence-electron chi connectivity index (χ3n) is 4.55. The number of esters is 2. The molecule has 2 heterocycles. The molecule has 10 heteroatoms. The lowest BCUT2D eigenvalue weighted by atomic mass is 10.1. The Hall–Kier alpha value is -3.53. The number of carbonyl (C=O) groups excluding carboxylic acids is 5. The van der Waals surface area contributed by atoms with E-state index in [9.17, 15) is 24.0 Å². The van der Waals surface area contributed by atoms with Crippen LogP contribution in [0, 0.1) is 6.92 Å². The number of ether oxygens (including phenoxy) is 2. The fraction of sp³-hybridized carbons (Fsp3) is 0.250. The number of rotatable bonds is 5. The van der Waals surface area contributed by atoms with Crippen molar-refractivity contribution in [2.45, 2.75) is 19.8 Å². The van der Waals surface area contributed by atoms with Gasteiger partial charge in [0.2, 0.25) is 11.8 Å². The minimum atomic E-state index is -0.712. The number of imide groups is 1. The standard InChI is InChI=1S/C20H18N2O7S/c1-10-15(19(26)28-2)18(30-16(10)20(27)29-3)21-17(25)11-5-4-6-12(9-11)22-13(23)7-8-14(22)24/h4-6,9H,7-8H2,1-3H3,(H,21,25). The van der Waals surface area contributed by atoms with Crippen LogP contribution in [-0.2, 0) is 19.1 Å². The SMILES string of the molecule is COC(=O)c1sc(NC(=O)c2cccc(N3C(=O)CCC3=O)c2)c(C(=O)OC)c1C. The Morgan fingerprint density at radius 2 is 1.67 bits per heavy atom. The molecule has 0 unspecified atom stereocenters. The highest BCUT2D eigenvalue weighted by Gasteiger charge is 2.31. The van der Waals surface area contributed by atoms with Crippen molar-refractivity contribution in [1.29, 1.82) is 0 Å². The zero-order valence-electron chi connectivity index (χ0n) is 16.4. The van der Waals surface area contributed by atoms with Gasteiger partial charge in [-0.1, -0.05) is 6.07 Å². The number of thiophene rings is 1. The number of anilines is 2. The maximum Gasteiger partial charge on any atom is 0.348 e. The molecule has 1 saturated heterocycles. The molecule has 1 aromatic heterocycles. The second-order valence-electron chi connectivity index (χ2n) is 6.37. The van der Waals surface area contributed by atoms with Crippen LogP contribution in [0.2, 0.25) is 0 Å². The number of methoxy groups -OCH3 is 2. The van der Waals surface area contributed by atoms with Gasteiger partial charge in [0.05, 0.1) is 25.5 Å². The lowest BCUT2D eigenvalue weighted by molar-refractivity contribution is -0.121. The van der Waals surface area contributed by atoms with Gasteiger partial charge >= 0.3 is 11.9 Å². The first kappa shape index (κ1) is 21.2. The minimum absolute atomic E-state index is 0.0531. The quantitative estimate of drug-likeness (QED) is 0.572. The highest BCUT2D eigenvalue weighted by Crippen LogP contribution is 2.34. The van der Waals surface area contributed by atoms with Gasteiger partial charge in [0.15, 0.2) is 0 Å². The molecule has 9 nitrogen and oxygen atoms in total. The summed E-state index contributed by atoms with van der Waals surface area (Å²) >= 11 is 0.890. The average molecular weight is 430 g/mol. The van der Waals surface area contributed by atoms with Crippen molar-refractivity contribution in [2.75, 3.05) is 24.4 Å². The smallest absolute Gasteiger partial charge is 0.348 e. The molecule has 1 N–H and O–H groups in total. The Morgan fingerprint density at radius 3 is 2.27 bits per heavy atom. The van der Waals surface area contributed by atoms with Gasteiger partial charge < -0.3 is 14.8 Å². The van der Waals surface area contributed by atoms with Gasteiger partial charge in [0.1, 0.15) is 9.88 Å². The van der Waals surface area contributed by atoms with Crippen LogP contribution < -0.4 is 10.2 Å². The van der Waals surface area contributed by atoms with Crippen molar-refractivity contribution in [2.24, 2.45) is 0 Å². The Kier molecular flexibility index (Phi) is 5.97. The summed E-state index contributed by atoms with van der Waals surface area (Å²) in [4.78, 5) is 62.1. The van der Waals surface area contributed by atoms with Gasteiger partial charge in [0, 0.05) is 18.4 Å². The van der Waals surface area contributed by atoms with Crippen LogP contribution in [-0.4, -0.2) is 43.9 Å². The molecule has 3 amide bonds. The van der Waals surface area contributed by atoms with Crippen LogP contribution in [0.25, 0.3) is 0 Å². The third kappa shape index (κ3) is 3.81. The summed E-state index contributed by atoms with van der Waals surface area (Å²) in [7, 11) is 2.40.